The van der Waals surface area contributed by atoms with Gasteiger partial charge in [0.05, 0.1) is 12.0 Å². The molecule has 1 amide bonds. The summed E-state index contributed by atoms with van der Waals surface area (Å²) in [5, 5.41) is 0.645. The van der Waals surface area contributed by atoms with Crippen LogP contribution in [0.1, 0.15) is 38.2 Å². The average molecular weight is 364 g/mol. The number of esters is 1. The van der Waals surface area contributed by atoms with E-state index in [4.69, 9.17) is 16.3 Å². The van der Waals surface area contributed by atoms with Crippen molar-refractivity contribution < 1.29 is 14.3 Å². The second kappa shape index (κ2) is 9.04. The van der Waals surface area contributed by atoms with Gasteiger partial charge in [0, 0.05) is 24.5 Å². The highest BCUT2D eigenvalue weighted by Gasteiger charge is 2.44. The van der Waals surface area contributed by atoms with Crippen molar-refractivity contribution in [2.75, 3.05) is 19.7 Å². The molecule has 1 saturated heterocycles. The van der Waals surface area contributed by atoms with Gasteiger partial charge in [-0.15, -0.1) is 6.58 Å². The molecule has 0 bridgehead atoms. The molecule has 1 aromatic rings. The first kappa shape index (κ1) is 19.5. The van der Waals surface area contributed by atoms with Crippen LogP contribution in [0.25, 0.3) is 0 Å². The molecule has 1 aliphatic heterocycles. The van der Waals surface area contributed by atoms with Crippen molar-refractivity contribution in [3.05, 3.63) is 47.5 Å². The number of hydrogen-bond donors (Lipinski definition) is 0. The largest absolute Gasteiger partial charge is 0.466 e. The van der Waals surface area contributed by atoms with E-state index in [1.807, 2.05) is 24.3 Å². The van der Waals surface area contributed by atoms with Crippen LogP contribution in [0, 0.1) is 5.41 Å². The Balaban J connectivity index is 2.23. The third kappa shape index (κ3) is 5.08. The van der Waals surface area contributed by atoms with Crippen molar-refractivity contribution in [1.82, 2.24) is 4.90 Å². The monoisotopic (exact) mass is 363 g/mol. The van der Waals surface area contributed by atoms with E-state index in [2.05, 4.69) is 6.58 Å². The van der Waals surface area contributed by atoms with Crippen molar-refractivity contribution in [2.45, 2.75) is 39.0 Å². The lowest BCUT2D eigenvalue weighted by Gasteiger charge is -2.41. The van der Waals surface area contributed by atoms with Gasteiger partial charge in [-0.1, -0.05) is 29.8 Å². The molecule has 136 valence electrons. The van der Waals surface area contributed by atoms with Crippen LogP contribution in [0.15, 0.2) is 36.9 Å². The lowest BCUT2D eigenvalue weighted by Crippen LogP contribution is -2.51. The molecule has 1 atom stereocenters. The van der Waals surface area contributed by atoms with Crippen LogP contribution in [-0.2, 0) is 20.7 Å². The van der Waals surface area contributed by atoms with Crippen molar-refractivity contribution in [2.24, 2.45) is 5.41 Å². The Bertz CT molecular complexity index is 631. The summed E-state index contributed by atoms with van der Waals surface area (Å²) in [7, 11) is 0. The summed E-state index contributed by atoms with van der Waals surface area (Å²) in [6, 6.07) is 7.53. The fourth-order valence-electron chi connectivity index (χ4n) is 3.43. The summed E-state index contributed by atoms with van der Waals surface area (Å²) in [5.41, 5.74) is 0.281. The summed E-state index contributed by atoms with van der Waals surface area (Å²) >= 11 is 6.09. The summed E-state index contributed by atoms with van der Waals surface area (Å²) in [5.74, 6) is -0.157. The Morgan fingerprint density at radius 1 is 1.44 bits per heavy atom. The number of nitrogens with zero attached hydrogens (tertiary/aromatic N) is 1. The van der Waals surface area contributed by atoms with Crippen LogP contribution < -0.4 is 0 Å². The van der Waals surface area contributed by atoms with E-state index in [9.17, 15) is 9.59 Å². The van der Waals surface area contributed by atoms with Crippen LogP contribution in [0.3, 0.4) is 0 Å². The second-order valence-corrected chi connectivity index (χ2v) is 6.99. The minimum Gasteiger partial charge on any atom is -0.466 e. The van der Waals surface area contributed by atoms with Gasteiger partial charge < -0.3 is 9.64 Å². The summed E-state index contributed by atoms with van der Waals surface area (Å²) in [6.45, 7) is 6.89. The van der Waals surface area contributed by atoms with Crippen LogP contribution in [0.2, 0.25) is 5.02 Å². The van der Waals surface area contributed by atoms with Gasteiger partial charge in [0.15, 0.2) is 0 Å². The van der Waals surface area contributed by atoms with E-state index in [-0.39, 0.29) is 11.9 Å². The van der Waals surface area contributed by atoms with Crippen LogP contribution >= 0.6 is 11.6 Å². The highest BCUT2D eigenvalue weighted by Crippen LogP contribution is 2.36. The topological polar surface area (TPSA) is 46.6 Å². The van der Waals surface area contributed by atoms with Gasteiger partial charge in [-0.05, 0) is 50.3 Å². The molecule has 1 heterocycles. The molecule has 0 N–H and O–H groups in total. The van der Waals surface area contributed by atoms with E-state index >= 15 is 0 Å². The van der Waals surface area contributed by atoms with Crippen molar-refractivity contribution >= 4 is 23.5 Å². The van der Waals surface area contributed by atoms with E-state index in [1.165, 1.54) is 0 Å². The number of rotatable bonds is 7. The lowest BCUT2D eigenvalue weighted by atomic mass is 9.75. The number of hydrogen-bond acceptors (Lipinski definition) is 3. The highest BCUT2D eigenvalue weighted by molar-refractivity contribution is 6.30. The first-order valence-electron chi connectivity index (χ1n) is 8.81. The van der Waals surface area contributed by atoms with E-state index < -0.39 is 5.41 Å². The maximum absolute atomic E-state index is 12.8. The van der Waals surface area contributed by atoms with Crippen molar-refractivity contribution in [1.29, 1.82) is 0 Å². The smallest absolute Gasteiger partial charge is 0.314 e. The van der Waals surface area contributed by atoms with Gasteiger partial charge >= 0.3 is 5.97 Å². The van der Waals surface area contributed by atoms with Crippen LogP contribution in [0.4, 0.5) is 0 Å². The predicted octanol–water partition coefficient (Wildman–Crippen LogP) is 4.02. The standard InChI is InChI=1S/C20H26ClNO3/c1-3-5-10-18(23)22-12-7-11-20(15-22,19(24)25-4-2)14-16-8-6-9-17(21)13-16/h3,6,8-9,13H,1,4-5,7,10-12,14-15H2,2H3/t20-/m0/s1. The Morgan fingerprint density at radius 3 is 2.92 bits per heavy atom. The molecule has 0 radical (unpaired) electrons. The Labute approximate surface area is 154 Å². The van der Waals surface area contributed by atoms with E-state index in [1.54, 1.807) is 17.9 Å². The maximum atomic E-state index is 12.8. The molecule has 25 heavy (non-hydrogen) atoms. The number of carbonyl (C=O) groups is 2. The number of likely N-dealkylation sites (tertiary alicyclic amines) is 1. The number of carbonyl (C=O) groups excluding carboxylic acids is 2. The summed E-state index contributed by atoms with van der Waals surface area (Å²) in [6.07, 6.45) is 4.85. The van der Waals surface area contributed by atoms with Crippen molar-refractivity contribution in [3.63, 3.8) is 0 Å². The zero-order valence-electron chi connectivity index (χ0n) is 14.8. The Morgan fingerprint density at radius 2 is 2.24 bits per heavy atom. The van der Waals surface area contributed by atoms with Gasteiger partial charge in [0.2, 0.25) is 5.91 Å². The predicted molar refractivity (Wildman–Crippen MR) is 99.5 cm³/mol. The molecule has 1 fully saturated rings. The van der Waals surface area contributed by atoms with E-state index in [0.717, 1.165) is 12.0 Å². The fourth-order valence-corrected chi connectivity index (χ4v) is 3.65. The molecule has 2 rings (SSSR count). The summed E-state index contributed by atoms with van der Waals surface area (Å²) < 4.78 is 5.37. The zero-order chi connectivity index (χ0) is 18.3. The molecule has 5 heteroatoms. The first-order chi connectivity index (χ1) is 12.0. The molecule has 0 unspecified atom stereocenters. The molecule has 1 aliphatic rings. The third-order valence-electron chi connectivity index (χ3n) is 4.63. The molecule has 1 aromatic carbocycles. The van der Waals surface area contributed by atoms with Gasteiger partial charge in [-0.2, -0.15) is 0 Å². The summed E-state index contributed by atoms with van der Waals surface area (Å²) in [4.78, 5) is 27.0. The minimum absolute atomic E-state index is 0.0689. The fraction of sp³-hybridized carbons (Fsp3) is 0.500. The number of benzene rings is 1. The Kier molecular flexibility index (Phi) is 7.06. The third-order valence-corrected chi connectivity index (χ3v) is 4.87. The molecular formula is C20H26ClNO3. The molecule has 0 aliphatic carbocycles. The molecule has 0 spiro atoms. The van der Waals surface area contributed by atoms with Gasteiger partial charge in [-0.25, -0.2) is 0 Å². The van der Waals surface area contributed by atoms with Crippen LogP contribution in [0.5, 0.6) is 0 Å². The number of halogens is 1. The minimum atomic E-state index is -0.706. The first-order valence-corrected chi connectivity index (χ1v) is 9.19. The van der Waals surface area contributed by atoms with Gasteiger partial charge in [0.1, 0.15) is 0 Å². The number of amides is 1. The zero-order valence-corrected chi connectivity index (χ0v) is 15.6. The van der Waals surface area contributed by atoms with Gasteiger partial charge in [-0.3, -0.25) is 9.59 Å². The quantitative estimate of drug-likeness (QED) is 0.543. The molecule has 0 aromatic heterocycles. The molecule has 4 nitrogen and oxygen atoms in total. The maximum Gasteiger partial charge on any atom is 0.314 e. The second-order valence-electron chi connectivity index (χ2n) is 6.55. The van der Waals surface area contributed by atoms with E-state index in [0.29, 0.717) is 50.4 Å². The van der Waals surface area contributed by atoms with Crippen LogP contribution in [-0.4, -0.2) is 36.5 Å². The normalized spacial score (nSPS) is 20.2. The number of ether oxygens (including phenoxy) is 1. The van der Waals surface area contributed by atoms with Crippen molar-refractivity contribution in [3.8, 4) is 0 Å². The average Bonchev–Trinajstić information content (AvgIpc) is 2.60. The highest BCUT2D eigenvalue weighted by atomic mass is 35.5. The number of piperidine rings is 1. The SMILES string of the molecule is C=CCCC(=O)N1CCC[C@@](Cc2cccc(Cl)c2)(C(=O)OCC)C1. The molecule has 0 saturated carbocycles. The Hall–Kier alpha value is -1.81. The van der Waals surface area contributed by atoms with Gasteiger partial charge in [0.25, 0.3) is 0 Å². The molecular weight excluding hydrogens is 338 g/mol. The number of allylic oxidation sites excluding steroid dienone is 1. The lowest BCUT2D eigenvalue weighted by molar-refractivity contribution is -0.160.